The van der Waals surface area contributed by atoms with Gasteiger partial charge in [0.1, 0.15) is 0 Å². The Balaban J connectivity index is 3.22. The Bertz CT molecular complexity index is 317. The zero-order chi connectivity index (χ0) is 18.0. The molecule has 0 aliphatic rings. The lowest BCUT2D eigenvalue weighted by atomic mass is 10.0. The van der Waals surface area contributed by atoms with E-state index in [4.69, 9.17) is 5.11 Å². The van der Waals surface area contributed by atoms with Crippen molar-refractivity contribution in [2.24, 2.45) is 0 Å². The summed E-state index contributed by atoms with van der Waals surface area (Å²) in [5.74, 6) is -0.657. The maximum atomic E-state index is 11.0. The van der Waals surface area contributed by atoms with Crippen molar-refractivity contribution >= 4 is 12.1 Å². The summed E-state index contributed by atoms with van der Waals surface area (Å²) in [4.78, 5) is 21.1. The number of carbonyl (C=O) groups is 2. The van der Waals surface area contributed by atoms with Gasteiger partial charge in [-0.25, -0.2) is 4.79 Å². The minimum Gasteiger partial charge on any atom is -0.449 e. The van der Waals surface area contributed by atoms with Crippen molar-refractivity contribution in [3.05, 3.63) is 0 Å². The zero-order valence-corrected chi connectivity index (χ0v) is 15.3. The van der Waals surface area contributed by atoms with E-state index in [9.17, 15) is 14.7 Å². The lowest BCUT2D eigenvalue weighted by Crippen LogP contribution is -2.09. The third-order valence-electron chi connectivity index (χ3n) is 4.26. The van der Waals surface area contributed by atoms with Crippen LogP contribution in [0.25, 0.3) is 0 Å². The van der Waals surface area contributed by atoms with Gasteiger partial charge in [-0.3, -0.25) is 4.79 Å². The molecule has 0 amide bonds. The molecule has 0 bridgehead atoms. The van der Waals surface area contributed by atoms with Crippen molar-refractivity contribution in [1.82, 2.24) is 0 Å². The molecule has 5 heteroatoms. The standard InChI is InChI=1S/C19H36O5/c1-2-3-4-11-14-17(20)15-12-9-7-5-6-8-10-13-16-18(21)24-19(22)23/h17,20H,2-16H2,1H3,(H,22,23). The van der Waals surface area contributed by atoms with Gasteiger partial charge >= 0.3 is 12.1 Å². The summed E-state index contributed by atoms with van der Waals surface area (Å²) in [6.07, 6.45) is 13.8. The highest BCUT2D eigenvalue weighted by atomic mass is 16.7. The number of carboxylic acid groups (broad SMARTS) is 1. The number of aliphatic hydroxyl groups is 1. The Hall–Kier alpha value is -1.10. The summed E-state index contributed by atoms with van der Waals surface area (Å²) >= 11 is 0. The van der Waals surface area contributed by atoms with Crippen LogP contribution in [0.4, 0.5) is 4.79 Å². The Morgan fingerprint density at radius 3 is 1.75 bits per heavy atom. The smallest absolute Gasteiger partial charge is 0.449 e. The first kappa shape index (κ1) is 22.9. The quantitative estimate of drug-likeness (QED) is 0.221. The molecule has 1 unspecified atom stereocenters. The van der Waals surface area contributed by atoms with Crippen molar-refractivity contribution in [3.63, 3.8) is 0 Å². The molecular weight excluding hydrogens is 308 g/mol. The minimum absolute atomic E-state index is 0.118. The topological polar surface area (TPSA) is 83.8 Å². The number of rotatable bonds is 16. The van der Waals surface area contributed by atoms with Crippen molar-refractivity contribution in [2.75, 3.05) is 0 Å². The molecule has 0 radical (unpaired) electrons. The number of esters is 1. The van der Waals surface area contributed by atoms with Crippen LogP contribution in [0.3, 0.4) is 0 Å². The molecule has 0 saturated heterocycles. The fraction of sp³-hybridized carbons (Fsp3) is 0.895. The molecule has 0 heterocycles. The van der Waals surface area contributed by atoms with Crippen LogP contribution >= 0.6 is 0 Å². The molecule has 142 valence electrons. The summed E-state index contributed by atoms with van der Waals surface area (Å²) in [6.45, 7) is 2.20. The molecular formula is C19H36O5. The predicted molar refractivity (Wildman–Crippen MR) is 95.1 cm³/mol. The SMILES string of the molecule is CCCCCCC(O)CCCCCCCCCCC(=O)OC(=O)O. The average Bonchev–Trinajstić information content (AvgIpc) is 2.52. The van der Waals surface area contributed by atoms with Gasteiger partial charge in [-0.05, 0) is 19.3 Å². The van der Waals surface area contributed by atoms with Crippen LogP contribution < -0.4 is 0 Å². The second-order valence-electron chi connectivity index (χ2n) is 6.61. The first-order chi connectivity index (χ1) is 11.6. The molecule has 0 saturated carbocycles. The van der Waals surface area contributed by atoms with Crippen LogP contribution in [0.15, 0.2) is 0 Å². The second kappa shape index (κ2) is 16.7. The van der Waals surface area contributed by atoms with Crippen molar-refractivity contribution in [3.8, 4) is 0 Å². The van der Waals surface area contributed by atoms with Crippen LogP contribution in [0.1, 0.15) is 103 Å². The van der Waals surface area contributed by atoms with Gasteiger partial charge in [-0.2, -0.15) is 0 Å². The molecule has 5 nitrogen and oxygen atoms in total. The molecule has 0 aliphatic carbocycles. The summed E-state index contributed by atoms with van der Waals surface area (Å²) < 4.78 is 4.04. The highest BCUT2D eigenvalue weighted by Gasteiger charge is 2.07. The normalized spacial score (nSPS) is 12.1. The van der Waals surface area contributed by atoms with E-state index in [0.717, 1.165) is 44.9 Å². The lowest BCUT2D eigenvalue weighted by Gasteiger charge is -2.10. The number of hydrogen-bond acceptors (Lipinski definition) is 4. The van der Waals surface area contributed by atoms with Gasteiger partial charge in [0.2, 0.25) is 0 Å². The summed E-state index contributed by atoms with van der Waals surface area (Å²) in [7, 11) is 0. The fourth-order valence-corrected chi connectivity index (χ4v) is 2.81. The van der Waals surface area contributed by atoms with Crippen molar-refractivity contribution in [2.45, 2.75) is 109 Å². The summed E-state index contributed by atoms with van der Waals surface area (Å²) in [5.41, 5.74) is 0. The Morgan fingerprint density at radius 1 is 0.792 bits per heavy atom. The zero-order valence-electron chi connectivity index (χ0n) is 15.3. The van der Waals surface area contributed by atoms with Crippen LogP contribution in [0, 0.1) is 0 Å². The van der Waals surface area contributed by atoms with E-state index in [1.807, 2.05) is 0 Å². The molecule has 1 atom stereocenters. The van der Waals surface area contributed by atoms with Gasteiger partial charge in [0, 0.05) is 6.42 Å². The molecule has 0 aromatic rings. The molecule has 0 aromatic carbocycles. The van der Waals surface area contributed by atoms with E-state index < -0.39 is 12.1 Å². The highest BCUT2D eigenvalue weighted by Crippen LogP contribution is 2.14. The van der Waals surface area contributed by atoms with Crippen LogP contribution in [0.2, 0.25) is 0 Å². The molecule has 0 aliphatic heterocycles. The molecule has 24 heavy (non-hydrogen) atoms. The van der Waals surface area contributed by atoms with Gasteiger partial charge < -0.3 is 14.9 Å². The van der Waals surface area contributed by atoms with Gasteiger partial charge in [0.15, 0.2) is 0 Å². The number of unbranched alkanes of at least 4 members (excludes halogenated alkanes) is 10. The Kier molecular flexibility index (Phi) is 16.0. The van der Waals surface area contributed by atoms with Gasteiger partial charge in [-0.1, -0.05) is 77.6 Å². The molecule has 2 N–H and O–H groups in total. The molecule has 0 spiro atoms. The highest BCUT2D eigenvalue weighted by molar-refractivity contribution is 5.80. The summed E-state index contributed by atoms with van der Waals surface area (Å²) in [5, 5.41) is 18.1. The van der Waals surface area contributed by atoms with E-state index in [0.29, 0.717) is 6.42 Å². The molecule has 0 rings (SSSR count). The van der Waals surface area contributed by atoms with E-state index >= 15 is 0 Å². The minimum atomic E-state index is -1.52. The maximum Gasteiger partial charge on any atom is 0.513 e. The average molecular weight is 344 g/mol. The Morgan fingerprint density at radius 2 is 1.25 bits per heavy atom. The third kappa shape index (κ3) is 17.3. The number of hydrogen-bond donors (Lipinski definition) is 2. The van der Waals surface area contributed by atoms with E-state index in [1.54, 1.807) is 0 Å². The van der Waals surface area contributed by atoms with E-state index in [2.05, 4.69) is 11.7 Å². The van der Waals surface area contributed by atoms with Crippen LogP contribution in [0.5, 0.6) is 0 Å². The van der Waals surface area contributed by atoms with Gasteiger partial charge in [-0.15, -0.1) is 0 Å². The summed E-state index contributed by atoms with van der Waals surface area (Å²) in [6, 6.07) is 0. The molecule has 0 aromatic heterocycles. The van der Waals surface area contributed by atoms with Crippen LogP contribution in [-0.2, 0) is 9.53 Å². The fourth-order valence-electron chi connectivity index (χ4n) is 2.81. The third-order valence-corrected chi connectivity index (χ3v) is 4.26. The van der Waals surface area contributed by atoms with Crippen LogP contribution in [-0.4, -0.2) is 28.4 Å². The van der Waals surface area contributed by atoms with Crippen molar-refractivity contribution < 1.29 is 24.5 Å². The monoisotopic (exact) mass is 344 g/mol. The number of carbonyl (C=O) groups excluding carboxylic acids is 1. The second-order valence-corrected chi connectivity index (χ2v) is 6.61. The molecule has 0 fully saturated rings. The predicted octanol–water partition coefficient (Wildman–Crippen LogP) is 5.44. The first-order valence-electron chi connectivity index (χ1n) is 9.68. The van der Waals surface area contributed by atoms with Gasteiger partial charge in [0.05, 0.1) is 6.10 Å². The van der Waals surface area contributed by atoms with E-state index in [1.165, 1.54) is 38.5 Å². The lowest BCUT2D eigenvalue weighted by molar-refractivity contribution is -0.139. The van der Waals surface area contributed by atoms with Crippen molar-refractivity contribution in [1.29, 1.82) is 0 Å². The Labute approximate surface area is 146 Å². The number of ether oxygens (including phenoxy) is 1. The largest absolute Gasteiger partial charge is 0.513 e. The van der Waals surface area contributed by atoms with Gasteiger partial charge in [0.25, 0.3) is 0 Å². The first-order valence-corrected chi connectivity index (χ1v) is 9.68. The maximum absolute atomic E-state index is 11.0. The van der Waals surface area contributed by atoms with E-state index in [-0.39, 0.29) is 12.5 Å². The number of aliphatic hydroxyl groups excluding tert-OH is 1.